The van der Waals surface area contributed by atoms with Crippen molar-refractivity contribution in [3.05, 3.63) is 35.4 Å². The van der Waals surface area contributed by atoms with Gasteiger partial charge in [0.2, 0.25) is 0 Å². The van der Waals surface area contributed by atoms with Gasteiger partial charge in [-0.3, -0.25) is 4.90 Å². The fourth-order valence-corrected chi connectivity index (χ4v) is 2.09. The van der Waals surface area contributed by atoms with E-state index in [1.165, 1.54) is 12.1 Å². The van der Waals surface area contributed by atoms with Gasteiger partial charge in [-0.05, 0) is 25.1 Å². The fourth-order valence-electron chi connectivity index (χ4n) is 2.09. The lowest BCUT2D eigenvalue weighted by atomic mass is 10.1. The summed E-state index contributed by atoms with van der Waals surface area (Å²) >= 11 is 0. The molecule has 0 unspecified atom stereocenters. The SMILES string of the molecule is FC(F)c1ccc(CN2CCCNCC2)cc1. The largest absolute Gasteiger partial charge is 0.315 e. The van der Waals surface area contributed by atoms with Crippen LogP contribution in [0.3, 0.4) is 0 Å². The first-order chi connectivity index (χ1) is 8.25. The van der Waals surface area contributed by atoms with Crippen molar-refractivity contribution in [1.29, 1.82) is 0 Å². The highest BCUT2D eigenvalue weighted by molar-refractivity contribution is 5.23. The Morgan fingerprint density at radius 2 is 1.88 bits per heavy atom. The molecule has 1 aliphatic heterocycles. The van der Waals surface area contributed by atoms with Crippen LogP contribution in [0.1, 0.15) is 24.0 Å². The zero-order chi connectivity index (χ0) is 12.1. The number of alkyl halides is 2. The van der Waals surface area contributed by atoms with Crippen LogP contribution in [0.5, 0.6) is 0 Å². The highest BCUT2D eigenvalue weighted by Crippen LogP contribution is 2.19. The molecule has 1 heterocycles. The van der Waals surface area contributed by atoms with E-state index >= 15 is 0 Å². The van der Waals surface area contributed by atoms with Gasteiger partial charge in [-0.25, -0.2) is 8.78 Å². The van der Waals surface area contributed by atoms with Gasteiger partial charge in [0.25, 0.3) is 6.43 Å². The van der Waals surface area contributed by atoms with Gasteiger partial charge in [0.1, 0.15) is 0 Å². The molecule has 2 rings (SSSR count). The van der Waals surface area contributed by atoms with E-state index in [-0.39, 0.29) is 5.56 Å². The van der Waals surface area contributed by atoms with Gasteiger partial charge in [0.05, 0.1) is 0 Å². The molecule has 1 aromatic carbocycles. The van der Waals surface area contributed by atoms with Crippen LogP contribution in [0.25, 0.3) is 0 Å². The molecule has 0 aliphatic carbocycles. The molecule has 4 heteroatoms. The Kier molecular flexibility index (Phi) is 4.45. The minimum absolute atomic E-state index is 0.103. The van der Waals surface area contributed by atoms with Crippen LogP contribution >= 0.6 is 0 Å². The fraction of sp³-hybridized carbons (Fsp3) is 0.538. The van der Waals surface area contributed by atoms with Crippen molar-refractivity contribution in [2.75, 3.05) is 26.2 Å². The molecule has 0 atom stereocenters. The maximum absolute atomic E-state index is 12.4. The summed E-state index contributed by atoms with van der Waals surface area (Å²) in [6.45, 7) is 5.03. The maximum Gasteiger partial charge on any atom is 0.263 e. The molecule has 1 fully saturated rings. The standard InChI is InChI=1S/C13H18F2N2/c14-13(15)12-4-2-11(3-5-12)10-17-8-1-6-16-7-9-17/h2-5,13,16H,1,6-10H2. The molecular formula is C13H18F2N2. The summed E-state index contributed by atoms with van der Waals surface area (Å²) in [5.41, 5.74) is 1.21. The summed E-state index contributed by atoms with van der Waals surface area (Å²) in [7, 11) is 0. The molecule has 1 saturated heterocycles. The smallest absolute Gasteiger partial charge is 0.263 e. The van der Waals surface area contributed by atoms with E-state index in [1.807, 2.05) is 0 Å². The van der Waals surface area contributed by atoms with Gasteiger partial charge in [0.15, 0.2) is 0 Å². The molecule has 1 N–H and O–H groups in total. The topological polar surface area (TPSA) is 15.3 Å². The molecule has 0 aromatic heterocycles. The molecule has 1 aromatic rings. The van der Waals surface area contributed by atoms with E-state index in [1.54, 1.807) is 12.1 Å². The Bertz CT molecular complexity index is 330. The van der Waals surface area contributed by atoms with Crippen molar-refractivity contribution in [2.45, 2.75) is 19.4 Å². The van der Waals surface area contributed by atoms with Crippen LogP contribution in [-0.4, -0.2) is 31.1 Å². The second kappa shape index (κ2) is 6.07. The van der Waals surface area contributed by atoms with Crippen LogP contribution in [-0.2, 0) is 6.54 Å². The molecule has 94 valence electrons. The Labute approximate surface area is 101 Å². The molecule has 0 spiro atoms. The molecule has 0 amide bonds. The van der Waals surface area contributed by atoms with E-state index in [9.17, 15) is 8.78 Å². The van der Waals surface area contributed by atoms with E-state index in [0.29, 0.717) is 0 Å². The number of nitrogens with one attached hydrogen (secondary N) is 1. The Morgan fingerprint density at radius 1 is 1.12 bits per heavy atom. The highest BCUT2D eigenvalue weighted by atomic mass is 19.3. The van der Waals surface area contributed by atoms with Crippen LogP contribution in [0.2, 0.25) is 0 Å². The number of hydrogen-bond donors (Lipinski definition) is 1. The van der Waals surface area contributed by atoms with Crippen molar-refractivity contribution in [2.24, 2.45) is 0 Å². The predicted octanol–water partition coefficient (Wildman–Crippen LogP) is 2.42. The van der Waals surface area contributed by atoms with Crippen LogP contribution in [0.15, 0.2) is 24.3 Å². The Hall–Kier alpha value is -1.00. The number of hydrogen-bond acceptors (Lipinski definition) is 2. The zero-order valence-electron chi connectivity index (χ0n) is 9.83. The van der Waals surface area contributed by atoms with Crippen LogP contribution in [0.4, 0.5) is 8.78 Å². The van der Waals surface area contributed by atoms with Crippen molar-refractivity contribution in [3.8, 4) is 0 Å². The van der Waals surface area contributed by atoms with Gasteiger partial charge in [-0.1, -0.05) is 24.3 Å². The number of halogens is 2. The van der Waals surface area contributed by atoms with Crippen molar-refractivity contribution in [3.63, 3.8) is 0 Å². The average molecular weight is 240 g/mol. The second-order valence-electron chi connectivity index (χ2n) is 4.42. The molecule has 1 aliphatic rings. The van der Waals surface area contributed by atoms with Gasteiger partial charge in [-0.2, -0.15) is 0 Å². The summed E-state index contributed by atoms with van der Waals surface area (Å²) in [6.07, 6.45) is -1.22. The summed E-state index contributed by atoms with van der Waals surface area (Å²) in [4.78, 5) is 2.36. The number of nitrogens with zero attached hydrogens (tertiary/aromatic N) is 1. The average Bonchev–Trinajstić information content (AvgIpc) is 2.58. The predicted molar refractivity (Wildman–Crippen MR) is 64.2 cm³/mol. The number of benzene rings is 1. The van der Waals surface area contributed by atoms with E-state index < -0.39 is 6.43 Å². The van der Waals surface area contributed by atoms with Gasteiger partial charge >= 0.3 is 0 Å². The summed E-state index contributed by atoms with van der Waals surface area (Å²) in [6, 6.07) is 6.66. The molecule has 0 saturated carbocycles. The molecule has 2 nitrogen and oxygen atoms in total. The molecule has 17 heavy (non-hydrogen) atoms. The zero-order valence-corrected chi connectivity index (χ0v) is 9.83. The van der Waals surface area contributed by atoms with Crippen molar-refractivity contribution >= 4 is 0 Å². The monoisotopic (exact) mass is 240 g/mol. The minimum Gasteiger partial charge on any atom is -0.315 e. The van der Waals surface area contributed by atoms with E-state index in [4.69, 9.17) is 0 Å². The van der Waals surface area contributed by atoms with Crippen LogP contribution in [0, 0.1) is 0 Å². The van der Waals surface area contributed by atoms with Gasteiger partial charge < -0.3 is 5.32 Å². The van der Waals surface area contributed by atoms with E-state index in [0.717, 1.165) is 44.7 Å². The van der Waals surface area contributed by atoms with Gasteiger partial charge in [-0.15, -0.1) is 0 Å². The number of rotatable bonds is 3. The molecule has 0 bridgehead atoms. The normalized spacial score (nSPS) is 18.3. The first kappa shape index (κ1) is 12.5. The Morgan fingerprint density at radius 3 is 2.59 bits per heavy atom. The maximum atomic E-state index is 12.4. The third kappa shape index (κ3) is 3.75. The lowest BCUT2D eigenvalue weighted by Crippen LogP contribution is -2.27. The van der Waals surface area contributed by atoms with E-state index in [2.05, 4.69) is 10.2 Å². The van der Waals surface area contributed by atoms with Crippen molar-refractivity contribution in [1.82, 2.24) is 10.2 Å². The lowest BCUT2D eigenvalue weighted by Gasteiger charge is -2.19. The lowest BCUT2D eigenvalue weighted by molar-refractivity contribution is 0.151. The third-order valence-electron chi connectivity index (χ3n) is 3.07. The van der Waals surface area contributed by atoms with Crippen LogP contribution < -0.4 is 5.32 Å². The third-order valence-corrected chi connectivity index (χ3v) is 3.07. The highest BCUT2D eigenvalue weighted by Gasteiger charge is 2.10. The second-order valence-corrected chi connectivity index (χ2v) is 4.42. The quantitative estimate of drug-likeness (QED) is 0.873. The Balaban J connectivity index is 1.93. The van der Waals surface area contributed by atoms with Gasteiger partial charge in [0, 0.05) is 25.2 Å². The summed E-state index contributed by atoms with van der Waals surface area (Å²) < 4.78 is 24.8. The first-order valence-electron chi connectivity index (χ1n) is 6.06. The van der Waals surface area contributed by atoms with Crippen molar-refractivity contribution < 1.29 is 8.78 Å². The molecule has 0 radical (unpaired) electrons. The minimum atomic E-state index is -2.37. The first-order valence-corrected chi connectivity index (χ1v) is 6.06. The summed E-state index contributed by atoms with van der Waals surface area (Å²) in [5.74, 6) is 0. The summed E-state index contributed by atoms with van der Waals surface area (Å²) in [5, 5.41) is 3.35. The molecular weight excluding hydrogens is 222 g/mol.